The van der Waals surface area contributed by atoms with Gasteiger partial charge < -0.3 is 29.6 Å². The first-order chi connectivity index (χ1) is 11.0. The van der Waals surface area contributed by atoms with E-state index in [1.165, 1.54) is 7.11 Å². The molecular weight excluding hydrogens is 510 g/mol. The predicted octanol–water partition coefficient (Wildman–Crippen LogP) is -0.411. The second-order valence-corrected chi connectivity index (χ2v) is 4.64. The molecule has 0 spiro atoms. The third kappa shape index (κ3) is 11.9. The van der Waals surface area contributed by atoms with Crippen molar-refractivity contribution in [2.75, 3.05) is 27.1 Å². The Labute approximate surface area is 161 Å². The van der Waals surface area contributed by atoms with Gasteiger partial charge in [-0.25, -0.2) is 0 Å². The largest absolute Gasteiger partial charge is 0.542 e. The van der Waals surface area contributed by atoms with E-state index in [4.69, 9.17) is 14.2 Å². The third-order valence-corrected chi connectivity index (χ3v) is 3.01. The van der Waals surface area contributed by atoms with Gasteiger partial charge in [0.2, 0.25) is 11.8 Å². The van der Waals surface area contributed by atoms with E-state index >= 15 is 0 Å². The van der Waals surface area contributed by atoms with Crippen LogP contribution in [0, 0.1) is 0 Å². The topological polar surface area (TPSA) is 115 Å². The maximum atomic E-state index is 11.4. The van der Waals surface area contributed by atoms with Crippen molar-refractivity contribution in [3.63, 3.8) is 0 Å². The number of amides is 2. The first-order valence-electron chi connectivity index (χ1n) is 7.12. The molecule has 0 aromatic rings. The minimum Gasteiger partial charge on any atom is -0.542 e. The molecule has 0 heterocycles. The number of rotatable bonds is 14. The predicted molar refractivity (Wildman–Crippen MR) is 84.8 cm³/mol. The summed E-state index contributed by atoms with van der Waals surface area (Å²) in [5, 5.41) is 5.01. The fourth-order valence-electron chi connectivity index (χ4n) is 1.47. The molecule has 0 radical (unpaired) electrons. The van der Waals surface area contributed by atoms with Crippen molar-refractivity contribution in [1.82, 2.24) is 15.4 Å². The molecule has 0 aromatic heterocycles. The van der Waals surface area contributed by atoms with Gasteiger partial charge in [-0.05, 0) is 0 Å². The van der Waals surface area contributed by atoms with E-state index in [-0.39, 0.29) is 65.6 Å². The molecule has 0 bridgehead atoms. The quantitative estimate of drug-likeness (QED) is 0.136. The van der Waals surface area contributed by atoms with Crippen LogP contribution in [0.15, 0.2) is 0 Å². The number of methoxy groups -OCH3 is 1. The molecule has 24 heavy (non-hydrogen) atoms. The molecule has 9 nitrogen and oxygen atoms in total. The fraction of sp³-hybridized carbons (Fsp3) is 0.769. The standard InChI is InChI=1S/C13H24N3O6S.W/c1-3-13(20-2,21-9-14-11(18)5-4-8-17)22-10-15-12(19)6-7-16-23;/h16,23H,3-7,9-10H2,1-2H3,(H,14,18)(H,15,19);/q-1;. The van der Waals surface area contributed by atoms with Crippen LogP contribution in [0.3, 0.4) is 0 Å². The Morgan fingerprint density at radius 1 is 1.12 bits per heavy atom. The van der Waals surface area contributed by atoms with Crippen molar-refractivity contribution < 1.29 is 49.7 Å². The van der Waals surface area contributed by atoms with Gasteiger partial charge in [0.25, 0.3) is 5.97 Å². The van der Waals surface area contributed by atoms with E-state index in [0.717, 1.165) is 0 Å². The van der Waals surface area contributed by atoms with Crippen LogP contribution in [0.25, 0.3) is 0 Å². The first-order valence-corrected chi connectivity index (χ1v) is 7.56. The van der Waals surface area contributed by atoms with Gasteiger partial charge in [-0.1, -0.05) is 19.7 Å². The molecule has 0 saturated carbocycles. The summed E-state index contributed by atoms with van der Waals surface area (Å²) in [4.78, 5) is 32.8. The minimum atomic E-state index is -1.39. The van der Waals surface area contributed by atoms with E-state index in [9.17, 15) is 14.4 Å². The molecule has 0 aromatic carbocycles. The molecule has 0 aliphatic heterocycles. The number of ether oxygens (including phenoxy) is 3. The monoisotopic (exact) mass is 534 g/mol. The van der Waals surface area contributed by atoms with Crippen molar-refractivity contribution in [1.29, 1.82) is 0 Å². The van der Waals surface area contributed by atoms with E-state index in [0.29, 0.717) is 13.0 Å². The Hall–Kier alpha value is -0.512. The van der Waals surface area contributed by atoms with Gasteiger partial charge in [0.15, 0.2) is 0 Å². The van der Waals surface area contributed by atoms with Crippen LogP contribution in [0.2, 0.25) is 0 Å². The summed E-state index contributed by atoms with van der Waals surface area (Å²) in [5.74, 6) is -1.95. The van der Waals surface area contributed by atoms with E-state index in [2.05, 4.69) is 28.2 Å². The van der Waals surface area contributed by atoms with Crippen molar-refractivity contribution in [2.45, 2.75) is 38.6 Å². The zero-order valence-corrected chi connectivity index (χ0v) is 17.6. The molecule has 140 valence electrons. The smallest absolute Gasteiger partial charge is 0.285 e. The maximum absolute atomic E-state index is 11.4. The van der Waals surface area contributed by atoms with Gasteiger partial charge in [0.05, 0.1) is 0 Å². The molecule has 0 aliphatic carbocycles. The number of nitrogens with one attached hydrogen (secondary N) is 3. The molecule has 2 amide bonds. The molecular formula is C13H24N3O6SW-. The van der Waals surface area contributed by atoms with Crippen LogP contribution >= 0.6 is 12.8 Å². The summed E-state index contributed by atoms with van der Waals surface area (Å²) in [6.07, 6.45) is 2.28. The first kappa shape index (κ1) is 25.7. The SMILES string of the molecule is CCC(OC)(OCNC(=O)CC[C-]=O)OCNC(=O)CCNS.[W]. The molecule has 1 unspecified atom stereocenters. The normalized spacial score (nSPS) is 12.6. The number of carbonyl (C=O) groups excluding carboxylic acids is 3. The van der Waals surface area contributed by atoms with Gasteiger partial charge in [-0.2, -0.15) is 0 Å². The van der Waals surface area contributed by atoms with E-state index in [1.54, 1.807) is 13.2 Å². The number of hydrogen-bond donors (Lipinski definition) is 4. The zero-order chi connectivity index (χ0) is 17.6. The Bertz CT molecular complexity index is 372. The number of hydrogen-bond acceptors (Lipinski definition) is 8. The summed E-state index contributed by atoms with van der Waals surface area (Å²) < 4.78 is 18.5. The molecule has 11 heteroatoms. The third-order valence-electron chi connectivity index (χ3n) is 2.78. The number of carbonyl (C=O) groups is 2. The van der Waals surface area contributed by atoms with E-state index < -0.39 is 5.97 Å². The molecule has 3 N–H and O–H groups in total. The van der Waals surface area contributed by atoms with Crippen LogP contribution in [0.5, 0.6) is 0 Å². The summed E-state index contributed by atoms with van der Waals surface area (Å²) in [6.45, 7) is 1.93. The van der Waals surface area contributed by atoms with Gasteiger partial charge in [0, 0.05) is 54.0 Å². The van der Waals surface area contributed by atoms with Crippen molar-refractivity contribution in [3.8, 4) is 0 Å². The summed E-state index contributed by atoms with van der Waals surface area (Å²) >= 11 is 3.78. The number of thiol groups is 1. The Morgan fingerprint density at radius 2 is 1.67 bits per heavy atom. The second kappa shape index (κ2) is 16.0. The van der Waals surface area contributed by atoms with E-state index in [1.807, 2.05) is 0 Å². The molecule has 0 aliphatic rings. The average molecular weight is 534 g/mol. The molecule has 0 fully saturated rings. The Morgan fingerprint density at radius 3 is 2.08 bits per heavy atom. The van der Waals surface area contributed by atoms with Crippen LogP contribution in [-0.2, 0) is 49.7 Å². The van der Waals surface area contributed by atoms with Crippen LogP contribution < -0.4 is 15.4 Å². The van der Waals surface area contributed by atoms with Gasteiger partial charge in [-0.3, -0.25) is 20.6 Å². The fourth-order valence-corrected chi connectivity index (χ4v) is 1.58. The van der Waals surface area contributed by atoms with Crippen LogP contribution in [0.1, 0.15) is 32.6 Å². The minimum absolute atomic E-state index is 0. The van der Waals surface area contributed by atoms with Crippen molar-refractivity contribution in [3.05, 3.63) is 0 Å². The van der Waals surface area contributed by atoms with Crippen LogP contribution in [0.4, 0.5) is 0 Å². The second-order valence-electron chi connectivity index (χ2n) is 4.32. The zero-order valence-electron chi connectivity index (χ0n) is 13.8. The molecule has 0 saturated heterocycles. The van der Waals surface area contributed by atoms with Gasteiger partial charge in [-0.15, -0.1) is 6.42 Å². The summed E-state index contributed by atoms with van der Waals surface area (Å²) in [6, 6.07) is 0. The average Bonchev–Trinajstić information content (AvgIpc) is 2.56. The molecule has 0 rings (SSSR count). The maximum Gasteiger partial charge on any atom is 0.285 e. The van der Waals surface area contributed by atoms with Crippen molar-refractivity contribution in [2.24, 2.45) is 0 Å². The Balaban J connectivity index is 0. The summed E-state index contributed by atoms with van der Waals surface area (Å²) in [5.41, 5.74) is 0. The summed E-state index contributed by atoms with van der Waals surface area (Å²) in [7, 11) is 1.39. The van der Waals surface area contributed by atoms with Gasteiger partial charge in [0.1, 0.15) is 13.5 Å². The van der Waals surface area contributed by atoms with Gasteiger partial charge >= 0.3 is 0 Å². The Kier molecular flexibility index (Phi) is 17.1. The van der Waals surface area contributed by atoms with Crippen LogP contribution in [-0.4, -0.2) is 51.2 Å². The molecule has 1 atom stereocenters. The van der Waals surface area contributed by atoms with Crippen molar-refractivity contribution >= 4 is 30.9 Å².